The van der Waals surface area contributed by atoms with Crippen LogP contribution in [-0.2, 0) is 20.5 Å². The number of ketones is 1. The Balaban J connectivity index is 1.59. The maximum atomic E-state index is 14.7. The Bertz CT molecular complexity index is 1490. The van der Waals surface area contributed by atoms with Gasteiger partial charge in [0, 0.05) is 38.0 Å². The van der Waals surface area contributed by atoms with E-state index in [1.807, 2.05) is 36.4 Å². The zero-order valence-electron chi connectivity index (χ0n) is 19.1. The van der Waals surface area contributed by atoms with Gasteiger partial charge in [-0.05, 0) is 61.3 Å². The predicted octanol–water partition coefficient (Wildman–Crippen LogP) is 5.12. The molecule has 4 heterocycles. The second-order valence-electron chi connectivity index (χ2n) is 9.93. The molecule has 0 bridgehead atoms. The highest BCUT2D eigenvalue weighted by Gasteiger charge is 2.78. The molecule has 4 aliphatic rings. The fraction of sp³-hybridized carbons (Fsp3) is 0.250. The molecule has 36 heavy (non-hydrogen) atoms. The van der Waals surface area contributed by atoms with Gasteiger partial charge in [0.05, 0.1) is 5.92 Å². The van der Waals surface area contributed by atoms with E-state index in [0.717, 1.165) is 16.5 Å². The molecule has 2 amide bonds. The highest BCUT2D eigenvalue weighted by atomic mass is 79.9. The lowest BCUT2D eigenvalue weighted by Crippen LogP contribution is -2.55. The van der Waals surface area contributed by atoms with E-state index in [1.54, 1.807) is 30.3 Å². The van der Waals surface area contributed by atoms with Crippen LogP contribution in [0.5, 0.6) is 0 Å². The molecular formula is C28H21BrClN3O3. The van der Waals surface area contributed by atoms with Gasteiger partial charge in [-0.15, -0.1) is 0 Å². The monoisotopic (exact) mass is 561 g/mol. The predicted molar refractivity (Wildman–Crippen MR) is 140 cm³/mol. The fourth-order valence-electron chi connectivity index (χ4n) is 7.30. The van der Waals surface area contributed by atoms with Crippen LogP contribution < -0.4 is 10.6 Å². The molecule has 6 nitrogen and oxygen atoms in total. The Morgan fingerprint density at radius 3 is 2.47 bits per heavy atom. The van der Waals surface area contributed by atoms with Crippen molar-refractivity contribution in [1.29, 1.82) is 0 Å². The van der Waals surface area contributed by atoms with Crippen LogP contribution in [0.1, 0.15) is 34.3 Å². The third-order valence-electron chi connectivity index (χ3n) is 8.48. The first-order chi connectivity index (χ1) is 17.4. The second-order valence-corrected chi connectivity index (χ2v) is 11.3. The first kappa shape index (κ1) is 22.2. The van der Waals surface area contributed by atoms with Gasteiger partial charge < -0.3 is 10.6 Å². The van der Waals surface area contributed by atoms with Crippen LogP contribution in [0.25, 0.3) is 0 Å². The van der Waals surface area contributed by atoms with Crippen LogP contribution in [0.2, 0.25) is 5.02 Å². The maximum absolute atomic E-state index is 14.7. The van der Waals surface area contributed by atoms with E-state index in [1.165, 1.54) is 0 Å². The molecule has 0 radical (unpaired) electrons. The number of hydrogen-bond donors (Lipinski definition) is 2. The van der Waals surface area contributed by atoms with Crippen molar-refractivity contribution in [3.8, 4) is 0 Å². The quantitative estimate of drug-likeness (QED) is 0.425. The SMILES string of the molecule is O=C(c1ccc(Br)cc1)[C@H]1[C@@]2(C(=O)Nc3ccccc32)[C@H]2CCCN2[C@@]12C(=O)Nc1ccc(Cl)cc12. The lowest BCUT2D eigenvalue weighted by atomic mass is 9.60. The fourth-order valence-corrected chi connectivity index (χ4v) is 7.73. The van der Waals surface area contributed by atoms with Crippen molar-refractivity contribution < 1.29 is 14.4 Å². The molecule has 0 unspecified atom stereocenters. The van der Waals surface area contributed by atoms with Gasteiger partial charge >= 0.3 is 0 Å². The van der Waals surface area contributed by atoms with Crippen molar-refractivity contribution in [3.63, 3.8) is 0 Å². The van der Waals surface area contributed by atoms with Gasteiger partial charge in [-0.25, -0.2) is 0 Å². The molecule has 2 saturated heterocycles. The van der Waals surface area contributed by atoms with Gasteiger partial charge in [0.25, 0.3) is 0 Å². The number of carbonyl (C=O) groups is 3. The number of rotatable bonds is 2. The minimum Gasteiger partial charge on any atom is -0.325 e. The van der Waals surface area contributed by atoms with Crippen LogP contribution in [-0.4, -0.2) is 35.1 Å². The van der Waals surface area contributed by atoms with E-state index in [9.17, 15) is 14.4 Å². The number of hydrogen-bond acceptors (Lipinski definition) is 4. The summed E-state index contributed by atoms with van der Waals surface area (Å²) in [6, 6.07) is 19.7. The number of nitrogens with one attached hydrogen (secondary N) is 2. The summed E-state index contributed by atoms with van der Waals surface area (Å²) in [6.45, 7) is 0.603. The van der Waals surface area contributed by atoms with Crippen molar-refractivity contribution in [3.05, 3.63) is 92.9 Å². The van der Waals surface area contributed by atoms with E-state index >= 15 is 0 Å². The number of para-hydroxylation sites is 1. The number of halogens is 2. The summed E-state index contributed by atoms with van der Waals surface area (Å²) in [6.07, 6.45) is 1.53. The van der Waals surface area contributed by atoms with E-state index in [4.69, 9.17) is 11.6 Å². The minimum atomic E-state index is -1.36. The van der Waals surface area contributed by atoms with Gasteiger partial charge in [0.1, 0.15) is 11.0 Å². The number of benzene rings is 3. The molecule has 2 fully saturated rings. The molecule has 0 aromatic heterocycles. The molecule has 0 saturated carbocycles. The van der Waals surface area contributed by atoms with Crippen molar-refractivity contribution in [2.75, 3.05) is 17.2 Å². The molecule has 2 N–H and O–H groups in total. The molecule has 4 atom stereocenters. The average Bonchev–Trinajstić information content (AvgIpc) is 3.58. The van der Waals surface area contributed by atoms with Crippen molar-refractivity contribution >= 4 is 56.5 Å². The summed E-state index contributed by atoms with van der Waals surface area (Å²) in [5.41, 5.74) is 0.651. The van der Waals surface area contributed by atoms with E-state index in [-0.39, 0.29) is 23.6 Å². The van der Waals surface area contributed by atoms with Gasteiger partial charge in [0.2, 0.25) is 11.8 Å². The summed E-state index contributed by atoms with van der Waals surface area (Å²) in [5.74, 6) is -1.72. The molecule has 2 spiro atoms. The molecule has 0 aliphatic carbocycles. The van der Waals surface area contributed by atoms with Crippen LogP contribution in [0.4, 0.5) is 11.4 Å². The van der Waals surface area contributed by atoms with Crippen molar-refractivity contribution in [2.24, 2.45) is 5.92 Å². The molecule has 3 aromatic rings. The van der Waals surface area contributed by atoms with Gasteiger partial charge in [-0.3, -0.25) is 19.3 Å². The lowest BCUT2D eigenvalue weighted by molar-refractivity contribution is -0.128. The largest absolute Gasteiger partial charge is 0.325 e. The Morgan fingerprint density at radius 2 is 1.67 bits per heavy atom. The number of nitrogens with zero attached hydrogens (tertiary/aromatic N) is 1. The highest BCUT2D eigenvalue weighted by Crippen LogP contribution is 2.66. The molecule has 4 aliphatic heterocycles. The smallest absolute Gasteiger partial charge is 0.250 e. The zero-order valence-corrected chi connectivity index (χ0v) is 21.4. The molecule has 7 rings (SSSR count). The van der Waals surface area contributed by atoms with Crippen molar-refractivity contribution in [1.82, 2.24) is 4.90 Å². The van der Waals surface area contributed by atoms with E-state index in [0.29, 0.717) is 40.5 Å². The van der Waals surface area contributed by atoms with Gasteiger partial charge in [0.15, 0.2) is 5.78 Å². The van der Waals surface area contributed by atoms with E-state index < -0.39 is 16.9 Å². The lowest BCUT2D eigenvalue weighted by Gasteiger charge is -2.38. The van der Waals surface area contributed by atoms with Crippen molar-refractivity contribution in [2.45, 2.75) is 29.8 Å². The maximum Gasteiger partial charge on any atom is 0.250 e. The van der Waals surface area contributed by atoms with Gasteiger partial charge in [-0.2, -0.15) is 0 Å². The topological polar surface area (TPSA) is 78.5 Å². The summed E-state index contributed by atoms with van der Waals surface area (Å²) < 4.78 is 0.843. The Labute approximate surface area is 221 Å². The van der Waals surface area contributed by atoms with Crippen LogP contribution in [0.3, 0.4) is 0 Å². The average molecular weight is 563 g/mol. The molecular weight excluding hydrogens is 542 g/mol. The normalized spacial score (nSPS) is 29.8. The summed E-state index contributed by atoms with van der Waals surface area (Å²) in [4.78, 5) is 45.1. The van der Waals surface area contributed by atoms with E-state index in [2.05, 4.69) is 31.5 Å². The van der Waals surface area contributed by atoms with Crippen LogP contribution in [0, 0.1) is 5.92 Å². The second kappa shape index (κ2) is 7.51. The summed E-state index contributed by atoms with van der Waals surface area (Å²) in [7, 11) is 0. The Kier molecular flexibility index (Phi) is 4.63. The Morgan fingerprint density at radius 1 is 0.944 bits per heavy atom. The first-order valence-electron chi connectivity index (χ1n) is 12.0. The third-order valence-corrected chi connectivity index (χ3v) is 9.24. The molecule has 180 valence electrons. The number of carbonyl (C=O) groups excluding carboxylic acids is 3. The number of Topliss-reactive ketones (excluding diaryl/α,β-unsaturated/α-hetero) is 1. The highest BCUT2D eigenvalue weighted by molar-refractivity contribution is 9.10. The van der Waals surface area contributed by atoms with Gasteiger partial charge in [-0.1, -0.05) is 57.9 Å². The molecule has 8 heteroatoms. The number of anilines is 2. The molecule has 3 aromatic carbocycles. The minimum absolute atomic E-state index is 0.226. The third kappa shape index (κ3) is 2.53. The first-order valence-corrected chi connectivity index (χ1v) is 13.2. The van der Waals surface area contributed by atoms with Crippen LogP contribution >= 0.6 is 27.5 Å². The standard InChI is InChI=1S/C28H21BrClN3O3/c29-16-9-7-15(8-10-16)23(34)24-27(18-4-1-2-5-20(18)31-25(27)35)22-6-3-13-33(22)28(24)19-14-17(30)11-12-21(19)32-26(28)36/h1-2,4-5,7-12,14,22,24H,3,6,13H2,(H,31,35)(H,32,36)/t22-,24+,27+,28-/m1/s1. The number of fused-ring (bicyclic) bond motifs is 7. The van der Waals surface area contributed by atoms with Crippen LogP contribution in [0.15, 0.2) is 71.2 Å². The zero-order chi connectivity index (χ0) is 24.8. The number of amides is 2. The summed E-state index contributed by atoms with van der Waals surface area (Å²) in [5, 5.41) is 6.57. The summed E-state index contributed by atoms with van der Waals surface area (Å²) >= 11 is 9.92. The Hall–Kier alpha value is -3.00.